The smallest absolute Gasteiger partial charge is 0.399 e. The van der Waals surface area contributed by atoms with Crippen LogP contribution in [0, 0.1) is 0 Å². The Balaban J connectivity index is 1.90. The Hall–Kier alpha value is -0.875. The van der Waals surface area contributed by atoms with Crippen LogP contribution < -0.4 is 10.8 Å². The summed E-state index contributed by atoms with van der Waals surface area (Å²) in [5.41, 5.74) is 1.78. The fourth-order valence-corrected chi connectivity index (χ4v) is 2.31. The Labute approximate surface area is 135 Å². The molecule has 0 aliphatic carbocycles. The van der Waals surface area contributed by atoms with E-state index in [9.17, 15) is 0 Å². The summed E-state index contributed by atoms with van der Waals surface area (Å²) in [6, 6.07) is 8.49. The van der Waals surface area contributed by atoms with Gasteiger partial charge in [0.05, 0.1) is 11.2 Å². The topological polar surface area (TPSA) is 33.7 Å². The molecule has 1 N–H and O–H groups in total. The predicted molar refractivity (Wildman–Crippen MR) is 92.4 cm³/mol. The van der Waals surface area contributed by atoms with Crippen molar-refractivity contribution in [2.45, 2.75) is 45.4 Å². The van der Waals surface area contributed by atoms with E-state index in [0.29, 0.717) is 0 Å². The first-order chi connectivity index (χ1) is 10.2. The van der Waals surface area contributed by atoms with Gasteiger partial charge in [0.25, 0.3) is 0 Å². The lowest BCUT2D eigenvalue weighted by Gasteiger charge is -2.32. The van der Waals surface area contributed by atoms with Gasteiger partial charge in [0, 0.05) is 19.6 Å². The molecule has 2 rings (SSSR count). The molecule has 0 saturated carbocycles. The number of nitrogens with zero attached hydrogens (tertiary/aromatic N) is 1. The number of rotatable bonds is 6. The second-order valence-electron chi connectivity index (χ2n) is 7.31. The molecule has 0 atom stereocenters. The Morgan fingerprint density at radius 2 is 1.55 bits per heavy atom. The predicted octanol–water partition coefficient (Wildman–Crippen LogP) is 1.64. The van der Waals surface area contributed by atoms with Crippen LogP contribution in [0.5, 0.6) is 0 Å². The first-order valence-electron chi connectivity index (χ1n) is 8.01. The number of benzene rings is 1. The summed E-state index contributed by atoms with van der Waals surface area (Å²) in [5, 5.41) is 3.44. The van der Waals surface area contributed by atoms with Crippen LogP contribution in [0.3, 0.4) is 0 Å². The van der Waals surface area contributed by atoms with E-state index in [1.165, 1.54) is 5.56 Å². The Kier molecular flexibility index (Phi) is 5.33. The van der Waals surface area contributed by atoms with Crippen molar-refractivity contribution in [3.8, 4) is 0 Å². The summed E-state index contributed by atoms with van der Waals surface area (Å²) in [5.74, 6) is 0. The quantitative estimate of drug-likeness (QED) is 0.640. The van der Waals surface area contributed by atoms with Crippen molar-refractivity contribution in [1.82, 2.24) is 10.2 Å². The lowest BCUT2D eigenvalue weighted by Crippen LogP contribution is -2.41. The minimum atomic E-state index is -0.288. The minimum Gasteiger partial charge on any atom is -0.399 e. The molecule has 0 unspecified atom stereocenters. The molecule has 0 bridgehead atoms. The third kappa shape index (κ3) is 4.10. The maximum Gasteiger partial charge on any atom is 0.494 e. The van der Waals surface area contributed by atoms with Gasteiger partial charge in [-0.3, -0.25) is 0 Å². The zero-order chi connectivity index (χ0) is 16.4. The first-order valence-corrected chi connectivity index (χ1v) is 8.01. The summed E-state index contributed by atoms with van der Waals surface area (Å²) >= 11 is 0. The highest BCUT2D eigenvalue weighted by Crippen LogP contribution is 2.36. The molecule has 1 heterocycles. The Morgan fingerprint density at radius 1 is 1.00 bits per heavy atom. The van der Waals surface area contributed by atoms with E-state index in [2.05, 4.69) is 76.3 Å². The van der Waals surface area contributed by atoms with Gasteiger partial charge in [-0.15, -0.1) is 0 Å². The molecule has 1 saturated heterocycles. The molecular formula is C17H29BN2O2. The lowest BCUT2D eigenvalue weighted by atomic mass is 9.79. The van der Waals surface area contributed by atoms with Crippen LogP contribution in [0.25, 0.3) is 0 Å². The Morgan fingerprint density at radius 3 is 2.05 bits per heavy atom. The van der Waals surface area contributed by atoms with E-state index in [1.54, 1.807) is 0 Å². The van der Waals surface area contributed by atoms with Crippen molar-refractivity contribution >= 4 is 12.6 Å². The molecule has 0 radical (unpaired) electrons. The summed E-state index contributed by atoms with van der Waals surface area (Å²) < 4.78 is 12.1. The summed E-state index contributed by atoms with van der Waals surface area (Å²) in [6.07, 6.45) is 0. The van der Waals surface area contributed by atoms with E-state index in [-0.39, 0.29) is 18.3 Å². The highest BCUT2D eigenvalue weighted by Gasteiger charge is 2.51. The van der Waals surface area contributed by atoms with Crippen molar-refractivity contribution < 1.29 is 9.31 Å². The van der Waals surface area contributed by atoms with E-state index >= 15 is 0 Å². The molecule has 122 valence electrons. The second kappa shape index (κ2) is 6.71. The zero-order valence-electron chi connectivity index (χ0n) is 14.8. The zero-order valence-corrected chi connectivity index (χ0v) is 14.8. The van der Waals surface area contributed by atoms with Gasteiger partial charge >= 0.3 is 7.12 Å². The highest BCUT2D eigenvalue weighted by atomic mass is 16.7. The SMILES string of the molecule is CN(C)CCNCc1ccc(B2OC(C)(C)C(C)(C)O2)cc1. The summed E-state index contributed by atoms with van der Waals surface area (Å²) in [7, 11) is 3.89. The molecule has 0 aromatic heterocycles. The highest BCUT2D eigenvalue weighted by molar-refractivity contribution is 6.62. The summed E-state index contributed by atoms with van der Waals surface area (Å²) in [4.78, 5) is 2.17. The molecule has 4 nitrogen and oxygen atoms in total. The van der Waals surface area contributed by atoms with Crippen LogP contribution in [0.15, 0.2) is 24.3 Å². The number of hydrogen-bond acceptors (Lipinski definition) is 4. The van der Waals surface area contributed by atoms with Crippen LogP contribution in [-0.4, -0.2) is 50.4 Å². The largest absolute Gasteiger partial charge is 0.494 e. The molecule has 1 aromatic carbocycles. The molecular weight excluding hydrogens is 275 g/mol. The molecule has 1 aromatic rings. The van der Waals surface area contributed by atoms with Gasteiger partial charge in [0.1, 0.15) is 0 Å². The third-order valence-electron chi connectivity index (χ3n) is 4.57. The first kappa shape index (κ1) is 17.5. The van der Waals surface area contributed by atoms with Crippen LogP contribution in [0.1, 0.15) is 33.3 Å². The van der Waals surface area contributed by atoms with Crippen molar-refractivity contribution in [2.24, 2.45) is 0 Å². The molecule has 1 fully saturated rings. The molecule has 1 aliphatic heterocycles. The number of likely N-dealkylation sites (N-methyl/N-ethyl adjacent to an activating group) is 1. The van der Waals surface area contributed by atoms with Crippen molar-refractivity contribution in [1.29, 1.82) is 0 Å². The molecule has 1 aliphatic rings. The number of nitrogens with one attached hydrogen (secondary N) is 1. The maximum absolute atomic E-state index is 6.07. The second-order valence-corrected chi connectivity index (χ2v) is 7.31. The average molecular weight is 304 g/mol. The van der Waals surface area contributed by atoms with Crippen molar-refractivity contribution in [3.63, 3.8) is 0 Å². The van der Waals surface area contributed by atoms with Crippen LogP contribution >= 0.6 is 0 Å². The van der Waals surface area contributed by atoms with Gasteiger partial charge < -0.3 is 19.5 Å². The molecule has 22 heavy (non-hydrogen) atoms. The van der Waals surface area contributed by atoms with Gasteiger partial charge in [-0.2, -0.15) is 0 Å². The van der Waals surface area contributed by atoms with Crippen LogP contribution in [-0.2, 0) is 15.9 Å². The fraction of sp³-hybridized carbons (Fsp3) is 0.647. The monoisotopic (exact) mass is 304 g/mol. The van der Waals surface area contributed by atoms with Gasteiger partial charge in [-0.05, 0) is 52.8 Å². The van der Waals surface area contributed by atoms with Crippen LogP contribution in [0.2, 0.25) is 0 Å². The normalized spacial score (nSPS) is 19.9. The summed E-state index contributed by atoms with van der Waals surface area (Å²) in [6.45, 7) is 11.2. The standard InChI is InChI=1S/C17H29BN2O2/c1-16(2)17(3,4)22-18(21-16)15-9-7-14(8-10-15)13-19-11-12-20(5)6/h7-10,19H,11-13H2,1-6H3. The van der Waals surface area contributed by atoms with E-state index in [4.69, 9.17) is 9.31 Å². The number of hydrogen-bond donors (Lipinski definition) is 1. The lowest BCUT2D eigenvalue weighted by molar-refractivity contribution is 0.00578. The van der Waals surface area contributed by atoms with Gasteiger partial charge in [0.2, 0.25) is 0 Å². The Bertz CT molecular complexity index is 470. The van der Waals surface area contributed by atoms with Crippen molar-refractivity contribution in [3.05, 3.63) is 29.8 Å². The molecule has 0 amide bonds. The van der Waals surface area contributed by atoms with Gasteiger partial charge in [-0.25, -0.2) is 0 Å². The van der Waals surface area contributed by atoms with Crippen molar-refractivity contribution in [2.75, 3.05) is 27.2 Å². The van der Waals surface area contributed by atoms with Crippen LogP contribution in [0.4, 0.5) is 0 Å². The third-order valence-corrected chi connectivity index (χ3v) is 4.57. The fourth-order valence-electron chi connectivity index (χ4n) is 2.31. The van der Waals surface area contributed by atoms with Gasteiger partial charge in [-0.1, -0.05) is 24.3 Å². The maximum atomic E-state index is 6.07. The molecule has 0 spiro atoms. The van der Waals surface area contributed by atoms with E-state index in [0.717, 1.165) is 25.1 Å². The van der Waals surface area contributed by atoms with E-state index < -0.39 is 0 Å². The molecule has 5 heteroatoms. The minimum absolute atomic E-state index is 0.277. The average Bonchev–Trinajstić information content (AvgIpc) is 2.64. The van der Waals surface area contributed by atoms with Gasteiger partial charge in [0.15, 0.2) is 0 Å². The van der Waals surface area contributed by atoms with E-state index in [1.807, 2.05) is 0 Å².